The summed E-state index contributed by atoms with van der Waals surface area (Å²) in [7, 11) is 3.05. The normalized spacial score (nSPS) is 12.7. The van der Waals surface area contributed by atoms with E-state index in [0.29, 0.717) is 35.0 Å². The maximum atomic E-state index is 11.7. The average Bonchev–Trinajstić information content (AvgIpc) is 2.77. The Morgan fingerprint density at radius 3 is 2.78 bits per heavy atom. The summed E-state index contributed by atoms with van der Waals surface area (Å²) in [4.78, 5) is 11.7. The Balaban J connectivity index is 2.56. The molecule has 0 unspecified atom stereocenters. The zero-order chi connectivity index (χ0) is 13.1. The van der Waals surface area contributed by atoms with E-state index < -0.39 is 5.97 Å². The lowest BCUT2D eigenvalue weighted by Gasteiger charge is -2.14. The van der Waals surface area contributed by atoms with Gasteiger partial charge in [-0.15, -0.1) is 0 Å². The molecule has 1 aliphatic rings. The van der Waals surface area contributed by atoms with Gasteiger partial charge in [0, 0.05) is 6.07 Å². The molecule has 0 saturated carbocycles. The van der Waals surface area contributed by atoms with E-state index in [1.54, 1.807) is 12.1 Å². The SMILES string of the molecule is C=CCOc1cc(OC)c(OC)c2c1C(=O)OC2. The molecule has 0 spiro atoms. The number of carbonyl (C=O) groups excluding carboxylic acids is 1. The second-order valence-electron chi connectivity index (χ2n) is 3.64. The molecular weight excluding hydrogens is 236 g/mol. The standard InChI is InChI=1S/C13H14O5/c1-4-5-17-9-6-10(15-2)12(16-3)8-7-18-13(14)11(8)9/h4,6H,1,5,7H2,2-3H3. The van der Waals surface area contributed by atoms with Gasteiger partial charge in [0.2, 0.25) is 0 Å². The van der Waals surface area contributed by atoms with Crippen molar-refractivity contribution in [3.8, 4) is 17.2 Å². The Morgan fingerprint density at radius 1 is 1.39 bits per heavy atom. The van der Waals surface area contributed by atoms with E-state index >= 15 is 0 Å². The van der Waals surface area contributed by atoms with E-state index in [-0.39, 0.29) is 6.61 Å². The fourth-order valence-corrected chi connectivity index (χ4v) is 1.88. The molecule has 0 saturated heterocycles. The van der Waals surface area contributed by atoms with Gasteiger partial charge >= 0.3 is 5.97 Å². The fourth-order valence-electron chi connectivity index (χ4n) is 1.88. The third kappa shape index (κ3) is 1.88. The van der Waals surface area contributed by atoms with Crippen molar-refractivity contribution in [1.29, 1.82) is 0 Å². The van der Waals surface area contributed by atoms with Crippen LogP contribution in [0.2, 0.25) is 0 Å². The molecule has 1 aliphatic heterocycles. The van der Waals surface area contributed by atoms with E-state index in [1.807, 2.05) is 0 Å². The Morgan fingerprint density at radius 2 is 2.17 bits per heavy atom. The Kier molecular flexibility index (Phi) is 3.41. The number of esters is 1. The Bertz CT molecular complexity index is 493. The van der Waals surface area contributed by atoms with Gasteiger partial charge in [0.1, 0.15) is 24.5 Å². The van der Waals surface area contributed by atoms with E-state index in [9.17, 15) is 4.79 Å². The van der Waals surface area contributed by atoms with Crippen LogP contribution < -0.4 is 14.2 Å². The lowest BCUT2D eigenvalue weighted by molar-refractivity contribution is 0.0531. The minimum Gasteiger partial charge on any atom is -0.493 e. The van der Waals surface area contributed by atoms with Crippen molar-refractivity contribution in [3.63, 3.8) is 0 Å². The summed E-state index contributed by atoms with van der Waals surface area (Å²) in [6.45, 7) is 4.03. The second-order valence-corrected chi connectivity index (χ2v) is 3.64. The first-order chi connectivity index (χ1) is 8.72. The molecule has 96 valence electrons. The fraction of sp³-hybridized carbons (Fsp3) is 0.308. The van der Waals surface area contributed by atoms with Crippen LogP contribution in [0, 0.1) is 0 Å². The minimum atomic E-state index is -0.412. The maximum Gasteiger partial charge on any atom is 0.342 e. The summed E-state index contributed by atoms with van der Waals surface area (Å²) in [5.74, 6) is 1.02. The van der Waals surface area contributed by atoms with Crippen LogP contribution in [-0.2, 0) is 11.3 Å². The van der Waals surface area contributed by atoms with E-state index in [4.69, 9.17) is 18.9 Å². The molecule has 18 heavy (non-hydrogen) atoms. The van der Waals surface area contributed by atoms with Gasteiger partial charge in [0.05, 0.1) is 19.8 Å². The third-order valence-corrected chi connectivity index (χ3v) is 2.64. The number of rotatable bonds is 5. The maximum absolute atomic E-state index is 11.7. The van der Waals surface area contributed by atoms with Crippen LogP contribution in [0.25, 0.3) is 0 Å². The number of fused-ring (bicyclic) bond motifs is 1. The molecule has 2 rings (SSSR count). The van der Waals surface area contributed by atoms with Gasteiger partial charge in [-0.3, -0.25) is 0 Å². The molecule has 0 aliphatic carbocycles. The molecule has 0 aromatic heterocycles. The van der Waals surface area contributed by atoms with Gasteiger partial charge in [-0.1, -0.05) is 12.7 Å². The van der Waals surface area contributed by atoms with Crippen molar-refractivity contribution in [2.75, 3.05) is 20.8 Å². The van der Waals surface area contributed by atoms with Crippen molar-refractivity contribution in [2.45, 2.75) is 6.61 Å². The molecule has 0 fully saturated rings. The van der Waals surface area contributed by atoms with Crippen LogP contribution in [-0.4, -0.2) is 26.8 Å². The molecule has 1 aromatic carbocycles. The number of methoxy groups -OCH3 is 2. The number of benzene rings is 1. The highest BCUT2D eigenvalue weighted by Gasteiger charge is 2.31. The van der Waals surface area contributed by atoms with Crippen molar-refractivity contribution in [1.82, 2.24) is 0 Å². The number of cyclic esters (lactones) is 1. The summed E-state index contributed by atoms with van der Waals surface area (Å²) in [6.07, 6.45) is 1.60. The van der Waals surface area contributed by atoms with Crippen LogP contribution in [0.1, 0.15) is 15.9 Å². The van der Waals surface area contributed by atoms with Gasteiger partial charge in [-0.2, -0.15) is 0 Å². The largest absolute Gasteiger partial charge is 0.493 e. The average molecular weight is 250 g/mol. The Hall–Kier alpha value is -2.17. The van der Waals surface area contributed by atoms with Gasteiger partial charge < -0.3 is 18.9 Å². The number of hydrogen-bond acceptors (Lipinski definition) is 5. The predicted molar refractivity (Wildman–Crippen MR) is 64.4 cm³/mol. The summed E-state index contributed by atoms with van der Waals surface area (Å²) in [5, 5.41) is 0. The molecule has 0 atom stereocenters. The van der Waals surface area contributed by atoms with Gasteiger partial charge in [0.25, 0.3) is 0 Å². The number of hydrogen-bond donors (Lipinski definition) is 0. The lowest BCUT2D eigenvalue weighted by Crippen LogP contribution is -2.04. The van der Waals surface area contributed by atoms with Gasteiger partial charge in [-0.05, 0) is 0 Å². The summed E-state index contributed by atoms with van der Waals surface area (Å²) in [6, 6.07) is 1.62. The van der Waals surface area contributed by atoms with Crippen molar-refractivity contribution < 1.29 is 23.7 Å². The predicted octanol–water partition coefficient (Wildman–Crippen LogP) is 1.94. The molecular formula is C13H14O5. The zero-order valence-electron chi connectivity index (χ0n) is 10.3. The topological polar surface area (TPSA) is 54.0 Å². The molecule has 5 nitrogen and oxygen atoms in total. The van der Waals surface area contributed by atoms with Crippen LogP contribution >= 0.6 is 0 Å². The molecule has 0 amide bonds. The van der Waals surface area contributed by atoms with Crippen LogP contribution in [0.4, 0.5) is 0 Å². The number of carbonyl (C=O) groups is 1. The number of ether oxygens (including phenoxy) is 4. The monoisotopic (exact) mass is 250 g/mol. The second kappa shape index (κ2) is 5.00. The molecule has 5 heteroatoms. The van der Waals surface area contributed by atoms with Crippen molar-refractivity contribution >= 4 is 5.97 Å². The van der Waals surface area contributed by atoms with E-state index in [0.717, 1.165) is 0 Å². The summed E-state index contributed by atoms with van der Waals surface area (Å²) in [5.41, 5.74) is 1.05. The first-order valence-electron chi connectivity index (χ1n) is 5.41. The highest BCUT2D eigenvalue weighted by atomic mass is 16.5. The van der Waals surface area contributed by atoms with Crippen LogP contribution in [0.5, 0.6) is 17.2 Å². The highest BCUT2D eigenvalue weighted by molar-refractivity contribution is 5.98. The van der Waals surface area contributed by atoms with Crippen molar-refractivity contribution in [3.05, 3.63) is 29.8 Å². The third-order valence-electron chi connectivity index (χ3n) is 2.64. The van der Waals surface area contributed by atoms with E-state index in [1.165, 1.54) is 14.2 Å². The molecule has 0 N–H and O–H groups in total. The molecule has 0 bridgehead atoms. The zero-order valence-corrected chi connectivity index (χ0v) is 10.3. The van der Waals surface area contributed by atoms with Gasteiger partial charge in [0.15, 0.2) is 11.5 Å². The summed E-state index contributed by atoms with van der Waals surface area (Å²) < 4.78 is 20.9. The van der Waals surface area contributed by atoms with Gasteiger partial charge in [-0.25, -0.2) is 4.79 Å². The lowest BCUT2D eigenvalue weighted by atomic mass is 10.1. The first-order valence-corrected chi connectivity index (χ1v) is 5.41. The molecule has 0 radical (unpaired) electrons. The highest BCUT2D eigenvalue weighted by Crippen LogP contribution is 2.43. The summed E-state index contributed by atoms with van der Waals surface area (Å²) >= 11 is 0. The molecule has 1 heterocycles. The minimum absolute atomic E-state index is 0.166. The molecule has 1 aromatic rings. The van der Waals surface area contributed by atoms with Crippen molar-refractivity contribution in [2.24, 2.45) is 0 Å². The smallest absolute Gasteiger partial charge is 0.342 e. The first kappa shape index (κ1) is 12.3. The Labute approximate surface area is 105 Å². The van der Waals surface area contributed by atoms with Crippen LogP contribution in [0.3, 0.4) is 0 Å². The van der Waals surface area contributed by atoms with E-state index in [2.05, 4.69) is 6.58 Å². The quantitative estimate of drug-likeness (QED) is 0.590. The van der Waals surface area contributed by atoms with Crippen LogP contribution in [0.15, 0.2) is 18.7 Å².